The maximum Gasteiger partial charge on any atom is 0.0235 e. The van der Waals surface area contributed by atoms with Crippen LogP contribution in [0.1, 0.15) is 44.9 Å². The summed E-state index contributed by atoms with van der Waals surface area (Å²) < 4.78 is 0. The van der Waals surface area contributed by atoms with Gasteiger partial charge in [-0.25, -0.2) is 0 Å². The first-order chi connectivity index (χ1) is 5.93. The van der Waals surface area contributed by atoms with Gasteiger partial charge in [0.15, 0.2) is 0 Å². The van der Waals surface area contributed by atoms with E-state index in [1.807, 2.05) is 0 Å². The first-order valence-corrected chi connectivity index (χ1v) is 5.76. The molecule has 1 nitrogen and oxygen atoms in total. The summed E-state index contributed by atoms with van der Waals surface area (Å²) >= 11 is 5.61. The Morgan fingerprint density at radius 1 is 1.08 bits per heavy atom. The van der Waals surface area contributed by atoms with Crippen molar-refractivity contribution in [2.24, 2.45) is 0 Å². The fourth-order valence-electron chi connectivity index (χ4n) is 1.86. The van der Waals surface area contributed by atoms with Gasteiger partial charge in [-0.3, -0.25) is 0 Å². The molecule has 0 amide bonds. The van der Waals surface area contributed by atoms with E-state index in [9.17, 15) is 0 Å². The van der Waals surface area contributed by atoms with Gasteiger partial charge in [0.1, 0.15) is 0 Å². The van der Waals surface area contributed by atoms with Crippen LogP contribution in [0.25, 0.3) is 0 Å². The van der Waals surface area contributed by atoms with Crippen LogP contribution in [0.15, 0.2) is 0 Å². The predicted octanol–water partition coefficient (Wildman–Crippen LogP) is 2.93. The molecule has 0 aliphatic heterocycles. The molecule has 0 radical (unpaired) electrons. The van der Waals surface area contributed by atoms with Crippen molar-refractivity contribution in [1.29, 1.82) is 0 Å². The van der Waals surface area contributed by atoms with Crippen molar-refractivity contribution in [3.8, 4) is 0 Å². The molecule has 0 aromatic heterocycles. The first kappa shape index (κ1) is 10.3. The lowest BCUT2D eigenvalue weighted by Crippen LogP contribution is -2.29. The summed E-state index contributed by atoms with van der Waals surface area (Å²) in [7, 11) is 0. The zero-order valence-electron chi connectivity index (χ0n) is 7.82. The summed E-state index contributed by atoms with van der Waals surface area (Å²) in [5, 5.41) is 3.58. The Morgan fingerprint density at radius 2 is 1.75 bits per heavy atom. The minimum Gasteiger partial charge on any atom is -0.314 e. The van der Waals surface area contributed by atoms with Crippen molar-refractivity contribution in [1.82, 2.24) is 5.32 Å². The van der Waals surface area contributed by atoms with Crippen LogP contribution < -0.4 is 5.32 Å². The molecule has 1 fully saturated rings. The number of hydrogen-bond acceptors (Lipinski definition) is 1. The maximum absolute atomic E-state index is 5.61. The van der Waals surface area contributed by atoms with Crippen molar-refractivity contribution in [2.75, 3.05) is 12.4 Å². The molecule has 0 atom stereocenters. The van der Waals surface area contributed by atoms with E-state index in [1.165, 1.54) is 38.5 Å². The van der Waals surface area contributed by atoms with Gasteiger partial charge in [0, 0.05) is 11.9 Å². The van der Waals surface area contributed by atoms with E-state index < -0.39 is 0 Å². The molecular weight excluding hydrogens is 170 g/mol. The second-order valence-corrected chi connectivity index (χ2v) is 4.06. The van der Waals surface area contributed by atoms with Crippen LogP contribution >= 0.6 is 11.6 Å². The topological polar surface area (TPSA) is 12.0 Å². The van der Waals surface area contributed by atoms with Gasteiger partial charge in [-0.2, -0.15) is 0 Å². The van der Waals surface area contributed by atoms with Gasteiger partial charge in [0.05, 0.1) is 0 Å². The molecule has 2 heteroatoms. The monoisotopic (exact) mass is 189 g/mol. The third kappa shape index (κ3) is 4.32. The highest BCUT2D eigenvalue weighted by molar-refractivity contribution is 6.17. The van der Waals surface area contributed by atoms with E-state index in [0.29, 0.717) is 0 Å². The van der Waals surface area contributed by atoms with E-state index >= 15 is 0 Å². The molecule has 72 valence electrons. The Labute approximate surface area is 80.9 Å². The van der Waals surface area contributed by atoms with E-state index in [0.717, 1.165) is 24.9 Å². The van der Waals surface area contributed by atoms with Crippen molar-refractivity contribution in [3.63, 3.8) is 0 Å². The summed E-state index contributed by atoms with van der Waals surface area (Å²) in [6, 6.07) is 0.788. The summed E-state index contributed by atoms with van der Waals surface area (Å²) in [4.78, 5) is 0. The zero-order valence-corrected chi connectivity index (χ0v) is 8.58. The molecule has 12 heavy (non-hydrogen) atoms. The molecule has 1 N–H and O–H groups in total. The van der Waals surface area contributed by atoms with Crippen LogP contribution in [-0.4, -0.2) is 18.5 Å². The molecule has 0 spiro atoms. The molecule has 0 heterocycles. The number of alkyl halides is 1. The average molecular weight is 190 g/mol. The second kappa shape index (κ2) is 6.73. The second-order valence-electron chi connectivity index (χ2n) is 3.69. The minimum atomic E-state index is 0.788. The van der Waals surface area contributed by atoms with Gasteiger partial charge in [-0.05, 0) is 25.8 Å². The average Bonchev–Trinajstić information content (AvgIpc) is 2.33. The zero-order chi connectivity index (χ0) is 8.65. The van der Waals surface area contributed by atoms with Crippen LogP contribution in [0.3, 0.4) is 0 Å². The van der Waals surface area contributed by atoms with E-state index in [-0.39, 0.29) is 0 Å². The highest BCUT2D eigenvalue weighted by Gasteiger charge is 2.10. The van der Waals surface area contributed by atoms with Crippen molar-refractivity contribution < 1.29 is 0 Å². The van der Waals surface area contributed by atoms with Gasteiger partial charge in [-0.1, -0.05) is 25.7 Å². The maximum atomic E-state index is 5.61. The van der Waals surface area contributed by atoms with Gasteiger partial charge < -0.3 is 5.32 Å². The summed E-state index contributed by atoms with van der Waals surface area (Å²) in [5.74, 6) is 0.791. The molecule has 0 unspecified atom stereocenters. The van der Waals surface area contributed by atoms with Gasteiger partial charge in [0.2, 0.25) is 0 Å². The van der Waals surface area contributed by atoms with Crippen LogP contribution in [0.5, 0.6) is 0 Å². The number of halogens is 1. The van der Waals surface area contributed by atoms with Crippen LogP contribution in [-0.2, 0) is 0 Å². The summed E-state index contributed by atoms with van der Waals surface area (Å²) in [5.41, 5.74) is 0. The molecule has 1 saturated carbocycles. The van der Waals surface area contributed by atoms with E-state index in [1.54, 1.807) is 0 Å². The highest BCUT2D eigenvalue weighted by Crippen LogP contribution is 2.16. The highest BCUT2D eigenvalue weighted by atomic mass is 35.5. The smallest absolute Gasteiger partial charge is 0.0235 e. The normalized spacial score (nSPS) is 20.8. The Kier molecular flexibility index (Phi) is 5.80. The first-order valence-electron chi connectivity index (χ1n) is 5.23. The third-order valence-corrected chi connectivity index (χ3v) is 2.87. The molecule has 0 aromatic rings. The largest absolute Gasteiger partial charge is 0.314 e. The van der Waals surface area contributed by atoms with Crippen LogP contribution in [0, 0.1) is 0 Å². The van der Waals surface area contributed by atoms with Gasteiger partial charge >= 0.3 is 0 Å². The summed E-state index contributed by atoms with van der Waals surface area (Å²) in [6.07, 6.45) is 9.57. The summed E-state index contributed by atoms with van der Waals surface area (Å²) in [6.45, 7) is 1.11. The quantitative estimate of drug-likeness (QED) is 0.408. The lowest BCUT2D eigenvalue weighted by Gasteiger charge is -2.15. The standard InChI is InChI=1S/C10H20ClN/c11-8-5-9-12-10-6-3-1-2-4-7-10/h10,12H,1-9H2. The van der Waals surface area contributed by atoms with E-state index in [2.05, 4.69) is 5.32 Å². The van der Waals surface area contributed by atoms with Crippen molar-refractivity contribution in [3.05, 3.63) is 0 Å². The fourth-order valence-corrected chi connectivity index (χ4v) is 1.99. The van der Waals surface area contributed by atoms with Gasteiger partial charge in [-0.15, -0.1) is 11.6 Å². The Balaban J connectivity index is 2.04. The molecule has 1 aliphatic carbocycles. The van der Waals surface area contributed by atoms with Crippen molar-refractivity contribution in [2.45, 2.75) is 51.0 Å². The molecule has 0 aromatic carbocycles. The predicted molar refractivity (Wildman–Crippen MR) is 54.8 cm³/mol. The third-order valence-electron chi connectivity index (χ3n) is 2.60. The Bertz CT molecular complexity index is 98.0. The Hall–Kier alpha value is 0.250. The SMILES string of the molecule is ClCCCNC1CCCCCC1. The molecule has 1 rings (SSSR count). The Morgan fingerprint density at radius 3 is 2.33 bits per heavy atom. The minimum absolute atomic E-state index is 0.788. The molecule has 1 aliphatic rings. The van der Waals surface area contributed by atoms with Crippen LogP contribution in [0.2, 0.25) is 0 Å². The number of rotatable bonds is 4. The number of hydrogen-bond donors (Lipinski definition) is 1. The fraction of sp³-hybridized carbons (Fsp3) is 1.00. The van der Waals surface area contributed by atoms with E-state index in [4.69, 9.17) is 11.6 Å². The van der Waals surface area contributed by atoms with Crippen molar-refractivity contribution >= 4 is 11.6 Å². The molecule has 0 saturated heterocycles. The van der Waals surface area contributed by atoms with Gasteiger partial charge in [0.25, 0.3) is 0 Å². The molecular formula is C10H20ClN. The molecule has 0 bridgehead atoms. The lowest BCUT2D eigenvalue weighted by molar-refractivity contribution is 0.461. The number of nitrogens with one attached hydrogen (secondary N) is 1. The van der Waals surface area contributed by atoms with Crippen LogP contribution in [0.4, 0.5) is 0 Å². The lowest BCUT2D eigenvalue weighted by atomic mass is 10.1.